The van der Waals surface area contributed by atoms with Crippen LogP contribution in [0.5, 0.6) is 11.5 Å². The molecule has 0 unspecified atom stereocenters. The van der Waals surface area contributed by atoms with Crippen LogP contribution in [0, 0.1) is 0 Å². The van der Waals surface area contributed by atoms with Gasteiger partial charge in [-0.05, 0) is 29.8 Å². The molecule has 1 aromatic carbocycles. The van der Waals surface area contributed by atoms with Crippen molar-refractivity contribution in [1.29, 1.82) is 0 Å². The Bertz CT molecular complexity index is 702. The van der Waals surface area contributed by atoms with E-state index in [9.17, 15) is 8.42 Å². The average Bonchev–Trinajstić information content (AvgIpc) is 2.53. The monoisotopic (exact) mass is 308 g/mol. The number of nitrogens with one attached hydrogen (secondary N) is 1. The molecule has 0 atom stereocenters. The van der Waals surface area contributed by atoms with Gasteiger partial charge in [0, 0.05) is 25.0 Å². The third kappa shape index (κ3) is 3.71. The van der Waals surface area contributed by atoms with Crippen molar-refractivity contribution in [3.05, 3.63) is 48.3 Å². The second-order valence-corrected chi connectivity index (χ2v) is 5.93. The average molecular weight is 308 g/mol. The van der Waals surface area contributed by atoms with Crippen LogP contribution in [0.1, 0.15) is 5.56 Å². The third-order valence-electron chi connectivity index (χ3n) is 2.88. The fourth-order valence-corrected chi connectivity index (χ4v) is 2.92. The summed E-state index contributed by atoms with van der Waals surface area (Å²) in [6.45, 7) is 0.181. The number of hydrogen-bond donors (Lipinski definition) is 1. The van der Waals surface area contributed by atoms with E-state index in [0.29, 0.717) is 5.75 Å². The molecule has 1 heterocycles. The maximum absolute atomic E-state index is 12.3. The molecule has 0 fully saturated rings. The van der Waals surface area contributed by atoms with E-state index in [1.165, 1.54) is 26.4 Å². The second kappa shape index (κ2) is 6.55. The summed E-state index contributed by atoms with van der Waals surface area (Å²) in [6.07, 6.45) is 3.22. The van der Waals surface area contributed by atoms with Crippen molar-refractivity contribution in [2.75, 3.05) is 14.2 Å². The van der Waals surface area contributed by atoms with Gasteiger partial charge in [0.25, 0.3) is 0 Å². The molecule has 0 saturated carbocycles. The normalized spacial score (nSPS) is 11.1. The van der Waals surface area contributed by atoms with Gasteiger partial charge >= 0.3 is 0 Å². The molecule has 7 heteroatoms. The number of hydrogen-bond acceptors (Lipinski definition) is 5. The number of nitrogens with zero attached hydrogens (tertiary/aromatic N) is 1. The highest BCUT2D eigenvalue weighted by atomic mass is 32.2. The summed E-state index contributed by atoms with van der Waals surface area (Å²) in [5.74, 6) is 0.761. The fourth-order valence-electron chi connectivity index (χ4n) is 1.75. The van der Waals surface area contributed by atoms with Gasteiger partial charge in [0.05, 0.1) is 14.2 Å². The van der Waals surface area contributed by atoms with Gasteiger partial charge in [-0.3, -0.25) is 4.98 Å². The Kier molecular flexibility index (Phi) is 4.77. The lowest BCUT2D eigenvalue weighted by atomic mass is 10.3. The lowest BCUT2D eigenvalue weighted by Crippen LogP contribution is -2.23. The number of aromatic nitrogens is 1. The van der Waals surface area contributed by atoms with Crippen LogP contribution in [0.3, 0.4) is 0 Å². The number of sulfonamides is 1. The molecule has 1 aromatic heterocycles. The molecule has 0 bridgehead atoms. The molecule has 0 aliphatic rings. The summed E-state index contributed by atoms with van der Waals surface area (Å²) in [7, 11) is -0.759. The maximum atomic E-state index is 12.3. The molecule has 0 saturated heterocycles. The smallest absolute Gasteiger partial charge is 0.244 e. The summed E-state index contributed by atoms with van der Waals surface area (Å²) in [5.41, 5.74) is 0.820. The highest BCUT2D eigenvalue weighted by molar-refractivity contribution is 7.89. The first-order valence-electron chi connectivity index (χ1n) is 6.17. The van der Waals surface area contributed by atoms with E-state index in [2.05, 4.69) is 9.71 Å². The summed E-state index contributed by atoms with van der Waals surface area (Å²) in [4.78, 5) is 3.95. The molecule has 6 nitrogen and oxygen atoms in total. The van der Waals surface area contributed by atoms with Gasteiger partial charge in [-0.1, -0.05) is 0 Å². The molecule has 0 amide bonds. The van der Waals surface area contributed by atoms with Gasteiger partial charge < -0.3 is 9.47 Å². The molecular weight excluding hydrogens is 292 g/mol. The first kappa shape index (κ1) is 15.3. The lowest BCUT2D eigenvalue weighted by molar-refractivity contribution is 0.386. The van der Waals surface area contributed by atoms with E-state index < -0.39 is 10.0 Å². The Labute approximate surface area is 123 Å². The number of ether oxygens (including phenoxy) is 2. The predicted octanol–water partition coefficient (Wildman–Crippen LogP) is 1.58. The molecule has 0 aliphatic carbocycles. The van der Waals surface area contributed by atoms with Crippen molar-refractivity contribution in [3.63, 3.8) is 0 Å². The first-order valence-corrected chi connectivity index (χ1v) is 7.66. The van der Waals surface area contributed by atoms with E-state index in [4.69, 9.17) is 9.47 Å². The van der Waals surface area contributed by atoms with Gasteiger partial charge in [0.1, 0.15) is 16.4 Å². The molecule has 21 heavy (non-hydrogen) atoms. The molecule has 1 N–H and O–H groups in total. The van der Waals surface area contributed by atoms with Crippen LogP contribution in [-0.4, -0.2) is 27.6 Å². The van der Waals surface area contributed by atoms with E-state index in [1.807, 2.05) is 0 Å². The van der Waals surface area contributed by atoms with Crippen molar-refractivity contribution in [1.82, 2.24) is 9.71 Å². The maximum Gasteiger partial charge on any atom is 0.244 e. The molecule has 2 aromatic rings. The van der Waals surface area contributed by atoms with Crippen molar-refractivity contribution >= 4 is 10.0 Å². The van der Waals surface area contributed by atoms with Crippen LogP contribution < -0.4 is 14.2 Å². The number of benzene rings is 1. The fraction of sp³-hybridized carbons (Fsp3) is 0.214. The van der Waals surface area contributed by atoms with Crippen LogP contribution in [0.25, 0.3) is 0 Å². The number of pyridine rings is 1. The van der Waals surface area contributed by atoms with Crippen molar-refractivity contribution in [3.8, 4) is 11.5 Å². The topological polar surface area (TPSA) is 77.5 Å². The summed E-state index contributed by atoms with van der Waals surface area (Å²) in [6, 6.07) is 8.04. The minimum Gasteiger partial charge on any atom is -0.497 e. The minimum atomic E-state index is -3.68. The van der Waals surface area contributed by atoms with Crippen LogP contribution in [-0.2, 0) is 16.6 Å². The van der Waals surface area contributed by atoms with Crippen molar-refractivity contribution in [2.24, 2.45) is 0 Å². The Morgan fingerprint density at radius 3 is 2.43 bits per heavy atom. The van der Waals surface area contributed by atoms with Gasteiger partial charge in [0.2, 0.25) is 10.0 Å². The Hall–Kier alpha value is -2.12. The largest absolute Gasteiger partial charge is 0.497 e. The molecule has 0 spiro atoms. The zero-order valence-corrected chi connectivity index (χ0v) is 12.6. The zero-order chi connectivity index (χ0) is 15.3. The van der Waals surface area contributed by atoms with Crippen LogP contribution in [0.4, 0.5) is 0 Å². The van der Waals surface area contributed by atoms with Crippen molar-refractivity contribution < 1.29 is 17.9 Å². The Morgan fingerprint density at radius 2 is 1.81 bits per heavy atom. The van der Waals surface area contributed by atoms with Gasteiger partial charge in [-0.25, -0.2) is 13.1 Å². The predicted molar refractivity (Wildman–Crippen MR) is 77.8 cm³/mol. The van der Waals surface area contributed by atoms with Crippen LogP contribution >= 0.6 is 0 Å². The summed E-state index contributed by atoms with van der Waals surface area (Å²) in [5, 5.41) is 0. The number of methoxy groups -OCH3 is 2. The van der Waals surface area contributed by atoms with Crippen LogP contribution in [0.2, 0.25) is 0 Å². The highest BCUT2D eigenvalue weighted by Crippen LogP contribution is 2.28. The number of rotatable bonds is 6. The van der Waals surface area contributed by atoms with E-state index in [0.717, 1.165) is 5.56 Å². The van der Waals surface area contributed by atoms with Crippen LogP contribution in [0.15, 0.2) is 47.6 Å². The van der Waals surface area contributed by atoms with E-state index in [-0.39, 0.29) is 17.2 Å². The molecular formula is C14H16N2O4S. The Balaban J connectivity index is 2.23. The van der Waals surface area contributed by atoms with Gasteiger partial charge in [-0.15, -0.1) is 0 Å². The molecule has 112 valence electrons. The van der Waals surface area contributed by atoms with Gasteiger partial charge in [0.15, 0.2) is 0 Å². The summed E-state index contributed by atoms with van der Waals surface area (Å²) < 4.78 is 37.4. The van der Waals surface area contributed by atoms with Gasteiger partial charge in [-0.2, -0.15) is 0 Å². The highest BCUT2D eigenvalue weighted by Gasteiger charge is 2.19. The quantitative estimate of drug-likeness (QED) is 0.876. The summed E-state index contributed by atoms with van der Waals surface area (Å²) >= 11 is 0. The Morgan fingerprint density at radius 1 is 1.10 bits per heavy atom. The zero-order valence-electron chi connectivity index (χ0n) is 11.7. The SMILES string of the molecule is COc1ccc(S(=O)(=O)NCc2ccncc2)c(OC)c1. The van der Waals surface area contributed by atoms with E-state index in [1.54, 1.807) is 30.6 Å². The standard InChI is InChI=1S/C14H16N2O4S/c1-19-12-3-4-14(13(9-12)20-2)21(17,18)16-10-11-5-7-15-8-6-11/h3-9,16H,10H2,1-2H3. The first-order chi connectivity index (χ1) is 10.1. The van der Waals surface area contributed by atoms with E-state index >= 15 is 0 Å². The third-order valence-corrected chi connectivity index (χ3v) is 4.32. The molecule has 0 aliphatic heterocycles. The lowest BCUT2D eigenvalue weighted by Gasteiger charge is -2.12. The molecule has 2 rings (SSSR count). The second-order valence-electron chi connectivity index (χ2n) is 4.20. The molecule has 0 radical (unpaired) electrons. The minimum absolute atomic E-state index is 0.0693. The van der Waals surface area contributed by atoms with Crippen molar-refractivity contribution in [2.45, 2.75) is 11.4 Å².